The third kappa shape index (κ3) is 4.96. The maximum Gasteiger partial charge on any atom is 0.220 e. The van der Waals surface area contributed by atoms with Crippen molar-refractivity contribution in [2.24, 2.45) is 10.7 Å². The van der Waals surface area contributed by atoms with E-state index in [4.69, 9.17) is 26.0 Å². The Labute approximate surface area is 195 Å². The summed E-state index contributed by atoms with van der Waals surface area (Å²) in [5.74, 6) is 0.533. The van der Waals surface area contributed by atoms with Crippen LogP contribution in [0.3, 0.4) is 0 Å². The summed E-state index contributed by atoms with van der Waals surface area (Å²) in [7, 11) is 1.52. The molecule has 2 atom stereocenters. The number of fused-ring (bicyclic) bond motifs is 1. The molecule has 1 unspecified atom stereocenters. The number of aryl methyl sites for hydroxylation is 1. The fourth-order valence-corrected chi connectivity index (χ4v) is 3.81. The number of nitrogens with zero attached hydrogens (tertiary/aromatic N) is 4. The van der Waals surface area contributed by atoms with Gasteiger partial charge in [-0.25, -0.2) is 24.8 Å². The molecule has 4 rings (SSSR count). The van der Waals surface area contributed by atoms with E-state index < -0.39 is 18.0 Å². The summed E-state index contributed by atoms with van der Waals surface area (Å²) in [5, 5.41) is 9.71. The van der Waals surface area contributed by atoms with Crippen molar-refractivity contribution in [3.8, 4) is 17.1 Å². The van der Waals surface area contributed by atoms with Crippen molar-refractivity contribution in [2.45, 2.75) is 25.5 Å². The van der Waals surface area contributed by atoms with Crippen LogP contribution in [-0.4, -0.2) is 52.3 Å². The second-order valence-electron chi connectivity index (χ2n) is 7.79. The Morgan fingerprint density at radius 3 is 2.82 bits per heavy atom. The van der Waals surface area contributed by atoms with E-state index in [0.717, 1.165) is 5.56 Å². The van der Waals surface area contributed by atoms with Crippen LogP contribution >= 0.6 is 0 Å². The van der Waals surface area contributed by atoms with E-state index in [-0.39, 0.29) is 19.1 Å². The van der Waals surface area contributed by atoms with Crippen molar-refractivity contribution in [2.75, 3.05) is 26.0 Å². The van der Waals surface area contributed by atoms with E-state index in [0.29, 0.717) is 46.3 Å². The van der Waals surface area contributed by atoms with Crippen molar-refractivity contribution in [1.29, 1.82) is 0 Å². The van der Waals surface area contributed by atoms with Crippen molar-refractivity contribution in [3.63, 3.8) is 0 Å². The predicted octanol–water partition coefficient (Wildman–Crippen LogP) is 1.46. The molecule has 0 aliphatic carbocycles. The first-order valence-electron chi connectivity index (χ1n) is 10.7. The molecule has 1 aliphatic heterocycles. The number of pyridine rings is 1. The van der Waals surface area contributed by atoms with Gasteiger partial charge in [-0.05, 0) is 30.7 Å². The van der Waals surface area contributed by atoms with Gasteiger partial charge < -0.3 is 21.3 Å². The fraction of sp³-hybridized carbons (Fsp3) is 0.304. The minimum Gasteiger partial charge on any atom is -0.481 e. The molecule has 3 aromatic rings. The van der Waals surface area contributed by atoms with Gasteiger partial charge in [0.15, 0.2) is 5.84 Å². The van der Waals surface area contributed by atoms with Crippen molar-refractivity contribution in [1.82, 2.24) is 20.4 Å². The van der Waals surface area contributed by atoms with Gasteiger partial charge in [0.1, 0.15) is 12.4 Å². The molecular formula is C23H26FN7O3. The highest BCUT2D eigenvalue weighted by Crippen LogP contribution is 2.36. The van der Waals surface area contributed by atoms with E-state index in [2.05, 4.69) is 20.4 Å². The second-order valence-corrected chi connectivity index (χ2v) is 7.79. The summed E-state index contributed by atoms with van der Waals surface area (Å²) < 4.78 is 19.5. The molecule has 34 heavy (non-hydrogen) atoms. The zero-order valence-corrected chi connectivity index (χ0v) is 18.8. The number of hydrogen-bond acceptors (Lipinski definition) is 10. The molecule has 11 heteroatoms. The highest BCUT2D eigenvalue weighted by atomic mass is 19.1. The number of aromatic nitrogens is 3. The molecule has 0 amide bonds. The lowest BCUT2D eigenvalue weighted by molar-refractivity contribution is 0.0114. The average molecular weight is 468 g/mol. The van der Waals surface area contributed by atoms with E-state index in [9.17, 15) is 9.50 Å². The molecule has 178 valence electrons. The normalized spacial score (nSPS) is 15.9. The number of aliphatic hydroxyl groups excluding tert-OH is 1. The Hall–Kier alpha value is -3.67. The SMILES string of the molecule is COc1cccc(-c2cc(F)ccc2[C@H]2Cc3nc(N)nc(C)c3C(NOCC(O)CN)=N2)n1. The van der Waals surface area contributed by atoms with E-state index >= 15 is 0 Å². The number of ether oxygens (including phenoxy) is 1. The molecule has 3 heterocycles. The molecule has 0 bridgehead atoms. The Morgan fingerprint density at radius 1 is 1.24 bits per heavy atom. The molecule has 0 radical (unpaired) electrons. The van der Waals surface area contributed by atoms with E-state index in [1.807, 2.05) is 0 Å². The Morgan fingerprint density at radius 2 is 2.06 bits per heavy atom. The number of nitrogens with one attached hydrogen (secondary N) is 1. The van der Waals surface area contributed by atoms with Crippen LogP contribution in [0.15, 0.2) is 41.4 Å². The van der Waals surface area contributed by atoms with Crippen LogP contribution in [0.2, 0.25) is 0 Å². The minimum absolute atomic E-state index is 0.0417. The summed E-state index contributed by atoms with van der Waals surface area (Å²) in [6, 6.07) is 9.32. The standard InChI is InChI=1S/C23H26FN7O3/c1-12-21-19(30-23(26)27-12)9-18(29-22(21)31-34-11-14(32)10-25)15-7-6-13(24)8-16(15)17-4-3-5-20(28-17)33-2/h3-8,14,18,32H,9-11,25H2,1-2H3,(H,29,31)(H2,26,27,30)/t14?,18-/m1/s1. The van der Waals surface area contributed by atoms with Crippen LogP contribution in [0.25, 0.3) is 11.3 Å². The number of anilines is 1. The number of nitrogen functional groups attached to an aromatic ring is 1. The zero-order chi connectivity index (χ0) is 24.2. The number of hydrogen-bond donors (Lipinski definition) is 4. The lowest BCUT2D eigenvalue weighted by Crippen LogP contribution is -2.35. The zero-order valence-electron chi connectivity index (χ0n) is 18.8. The topological polar surface area (TPSA) is 154 Å². The van der Waals surface area contributed by atoms with Crippen LogP contribution < -0.4 is 21.7 Å². The van der Waals surface area contributed by atoms with Gasteiger partial charge in [0.25, 0.3) is 0 Å². The number of aliphatic hydroxyl groups is 1. The first kappa shape index (κ1) is 23.5. The molecule has 0 fully saturated rings. The van der Waals surface area contributed by atoms with Gasteiger partial charge in [-0.3, -0.25) is 9.83 Å². The van der Waals surface area contributed by atoms with Gasteiger partial charge in [0, 0.05) is 24.6 Å². The maximum absolute atomic E-state index is 14.3. The van der Waals surface area contributed by atoms with Crippen LogP contribution in [0.4, 0.5) is 10.3 Å². The van der Waals surface area contributed by atoms with Crippen LogP contribution in [0.1, 0.15) is 28.6 Å². The summed E-state index contributed by atoms with van der Waals surface area (Å²) >= 11 is 0. The molecule has 0 saturated heterocycles. The first-order chi connectivity index (χ1) is 16.4. The molecule has 2 aromatic heterocycles. The van der Waals surface area contributed by atoms with Crippen molar-refractivity contribution < 1.29 is 19.1 Å². The lowest BCUT2D eigenvalue weighted by atomic mass is 9.91. The van der Waals surface area contributed by atoms with Crippen molar-refractivity contribution >= 4 is 11.8 Å². The first-order valence-corrected chi connectivity index (χ1v) is 10.7. The maximum atomic E-state index is 14.3. The highest BCUT2D eigenvalue weighted by Gasteiger charge is 2.28. The third-order valence-corrected chi connectivity index (χ3v) is 5.39. The molecular weight excluding hydrogens is 441 g/mol. The number of aliphatic imine (C=N–C) groups is 1. The smallest absolute Gasteiger partial charge is 0.220 e. The van der Waals surface area contributed by atoms with Gasteiger partial charge >= 0.3 is 0 Å². The largest absolute Gasteiger partial charge is 0.481 e. The van der Waals surface area contributed by atoms with Gasteiger partial charge in [0.2, 0.25) is 11.8 Å². The number of hydroxylamine groups is 1. The highest BCUT2D eigenvalue weighted by molar-refractivity contribution is 6.01. The molecule has 6 N–H and O–H groups in total. The van der Waals surface area contributed by atoms with Crippen LogP contribution in [0.5, 0.6) is 5.88 Å². The molecule has 0 saturated carbocycles. The Balaban J connectivity index is 1.77. The predicted molar refractivity (Wildman–Crippen MR) is 124 cm³/mol. The average Bonchev–Trinajstić information content (AvgIpc) is 2.83. The van der Waals surface area contributed by atoms with Gasteiger partial charge in [-0.1, -0.05) is 12.1 Å². The summed E-state index contributed by atoms with van der Waals surface area (Å²) in [6.45, 7) is 1.81. The van der Waals surface area contributed by atoms with Gasteiger partial charge in [0.05, 0.1) is 41.9 Å². The third-order valence-electron chi connectivity index (χ3n) is 5.39. The summed E-state index contributed by atoms with van der Waals surface area (Å²) in [5.41, 5.74) is 18.0. The Kier molecular flexibility index (Phi) is 6.96. The van der Waals surface area contributed by atoms with E-state index in [1.54, 1.807) is 31.2 Å². The number of rotatable bonds is 7. The summed E-state index contributed by atoms with van der Waals surface area (Å²) in [4.78, 5) is 23.4. The molecule has 1 aromatic carbocycles. The number of nitrogens with two attached hydrogens (primary N) is 2. The summed E-state index contributed by atoms with van der Waals surface area (Å²) in [6.07, 6.45) is -0.430. The monoisotopic (exact) mass is 467 g/mol. The molecule has 1 aliphatic rings. The quantitative estimate of drug-likeness (QED) is 0.378. The van der Waals surface area contributed by atoms with Crippen LogP contribution in [0, 0.1) is 12.7 Å². The van der Waals surface area contributed by atoms with Crippen molar-refractivity contribution in [3.05, 3.63) is 64.7 Å². The van der Waals surface area contributed by atoms with Crippen LogP contribution in [-0.2, 0) is 11.3 Å². The molecule has 0 spiro atoms. The number of benzene rings is 1. The fourth-order valence-electron chi connectivity index (χ4n) is 3.81. The molecule has 10 nitrogen and oxygen atoms in total. The van der Waals surface area contributed by atoms with E-state index in [1.165, 1.54) is 19.2 Å². The Bertz CT molecular complexity index is 1220. The minimum atomic E-state index is -0.835. The van der Waals surface area contributed by atoms with Gasteiger partial charge in [-0.2, -0.15) is 0 Å². The number of methoxy groups -OCH3 is 1. The second kappa shape index (κ2) is 10.1. The lowest BCUT2D eigenvalue weighted by Gasteiger charge is -2.26. The van der Waals surface area contributed by atoms with Gasteiger partial charge in [-0.15, -0.1) is 0 Å². The number of amidine groups is 1. The number of halogens is 1.